The fraction of sp³-hybridized carbons (Fsp3) is 0.391. The molecule has 2 aliphatic carbocycles. The van der Waals surface area contributed by atoms with E-state index in [1.165, 1.54) is 18.6 Å². The highest BCUT2D eigenvalue weighted by Crippen LogP contribution is 2.19. The van der Waals surface area contributed by atoms with Crippen molar-refractivity contribution in [3.63, 3.8) is 0 Å². The molecule has 1 unspecified atom stereocenters. The second kappa shape index (κ2) is 9.15. The van der Waals surface area contributed by atoms with E-state index in [9.17, 15) is 14.0 Å². The number of carbonyl (C=O) groups excluding carboxylic acids is 2. The van der Waals surface area contributed by atoms with E-state index < -0.39 is 5.92 Å². The number of nitrogens with one attached hydrogen (secondary N) is 1. The topological polar surface area (TPSA) is 74.1 Å². The van der Waals surface area contributed by atoms with Gasteiger partial charge in [-0.15, -0.1) is 0 Å². The third-order valence-corrected chi connectivity index (χ3v) is 5.60. The molecular formula is C23H25FN4O2. The number of amides is 3. The van der Waals surface area contributed by atoms with Crippen LogP contribution in [0.5, 0.6) is 0 Å². The highest BCUT2D eigenvalue weighted by molar-refractivity contribution is 6.21. The first-order valence-corrected chi connectivity index (χ1v) is 10.4. The minimum absolute atomic E-state index is 0.107. The molecule has 1 heterocycles. The van der Waals surface area contributed by atoms with Crippen molar-refractivity contribution in [3.8, 4) is 0 Å². The Bertz CT molecular complexity index is 927. The number of urea groups is 1. The zero-order valence-electron chi connectivity index (χ0n) is 16.8. The van der Waals surface area contributed by atoms with E-state index in [2.05, 4.69) is 15.3 Å². The monoisotopic (exact) mass is 408 g/mol. The summed E-state index contributed by atoms with van der Waals surface area (Å²) in [4.78, 5) is 35.6. The van der Waals surface area contributed by atoms with Gasteiger partial charge in [-0.3, -0.25) is 4.79 Å². The minimum atomic E-state index is -0.444. The first-order valence-electron chi connectivity index (χ1n) is 10.4. The highest BCUT2D eigenvalue weighted by atomic mass is 19.1. The summed E-state index contributed by atoms with van der Waals surface area (Å²) in [7, 11) is 0. The lowest BCUT2D eigenvalue weighted by atomic mass is 9.96. The van der Waals surface area contributed by atoms with E-state index in [1.54, 1.807) is 35.3 Å². The highest BCUT2D eigenvalue weighted by Gasteiger charge is 2.28. The lowest BCUT2D eigenvalue weighted by Gasteiger charge is -2.29. The summed E-state index contributed by atoms with van der Waals surface area (Å²) >= 11 is 0. The predicted octanol–water partition coefficient (Wildman–Crippen LogP) is 3.79. The minimum Gasteiger partial charge on any atom is -0.335 e. The van der Waals surface area contributed by atoms with Crippen LogP contribution in [0.4, 0.5) is 9.18 Å². The molecule has 3 aliphatic rings. The van der Waals surface area contributed by atoms with Gasteiger partial charge >= 0.3 is 6.03 Å². The average molecular weight is 408 g/mol. The molecule has 1 saturated carbocycles. The molecular weight excluding hydrogens is 383 g/mol. The second-order valence-corrected chi connectivity index (χ2v) is 7.89. The molecule has 0 bridgehead atoms. The van der Waals surface area contributed by atoms with Crippen LogP contribution in [0.15, 0.2) is 58.6 Å². The lowest BCUT2D eigenvalue weighted by molar-refractivity contribution is -0.118. The van der Waals surface area contributed by atoms with E-state index in [-0.39, 0.29) is 36.9 Å². The summed E-state index contributed by atoms with van der Waals surface area (Å²) in [6.07, 6.45) is 12.6. The molecule has 0 saturated heterocycles. The molecule has 0 spiro atoms. The third kappa shape index (κ3) is 4.90. The van der Waals surface area contributed by atoms with Gasteiger partial charge in [0.05, 0.1) is 12.3 Å². The molecule has 30 heavy (non-hydrogen) atoms. The number of hydrogen-bond acceptors (Lipinski definition) is 3. The fourth-order valence-corrected chi connectivity index (χ4v) is 3.98. The summed E-state index contributed by atoms with van der Waals surface area (Å²) < 4.78 is 13.3. The van der Waals surface area contributed by atoms with E-state index in [4.69, 9.17) is 0 Å². The molecule has 0 aromatic heterocycles. The zero-order valence-corrected chi connectivity index (χ0v) is 16.8. The second-order valence-electron chi connectivity index (χ2n) is 7.89. The Morgan fingerprint density at radius 3 is 2.60 bits per heavy atom. The van der Waals surface area contributed by atoms with Crippen molar-refractivity contribution < 1.29 is 14.0 Å². The lowest BCUT2D eigenvalue weighted by Crippen LogP contribution is -2.47. The Labute approximate surface area is 175 Å². The molecule has 1 fully saturated rings. The summed E-state index contributed by atoms with van der Waals surface area (Å²) in [5, 5.41) is 3.11. The van der Waals surface area contributed by atoms with Crippen LogP contribution in [0.2, 0.25) is 0 Å². The summed E-state index contributed by atoms with van der Waals surface area (Å²) in [5.41, 5.74) is 1.44. The van der Waals surface area contributed by atoms with Gasteiger partial charge in [0.2, 0.25) is 0 Å². The molecule has 0 radical (unpaired) electrons. The quantitative estimate of drug-likeness (QED) is 0.805. The first kappa shape index (κ1) is 20.2. The van der Waals surface area contributed by atoms with Crippen molar-refractivity contribution in [1.29, 1.82) is 0 Å². The maximum Gasteiger partial charge on any atom is 0.318 e. The van der Waals surface area contributed by atoms with E-state index in [1.807, 2.05) is 6.08 Å². The molecule has 4 rings (SSSR count). The van der Waals surface area contributed by atoms with Crippen LogP contribution >= 0.6 is 0 Å². The predicted molar refractivity (Wildman–Crippen MR) is 114 cm³/mol. The van der Waals surface area contributed by atoms with Gasteiger partial charge in [0.15, 0.2) is 5.84 Å². The van der Waals surface area contributed by atoms with E-state index in [0.717, 1.165) is 31.2 Å². The van der Waals surface area contributed by atoms with Crippen LogP contribution in [0.1, 0.15) is 37.7 Å². The van der Waals surface area contributed by atoms with Crippen molar-refractivity contribution in [2.45, 2.75) is 44.7 Å². The van der Waals surface area contributed by atoms with Gasteiger partial charge in [-0.1, -0.05) is 49.6 Å². The Balaban J connectivity index is 1.51. The van der Waals surface area contributed by atoms with Gasteiger partial charge in [-0.05, 0) is 36.6 Å². The van der Waals surface area contributed by atoms with Crippen molar-refractivity contribution in [1.82, 2.24) is 10.2 Å². The van der Waals surface area contributed by atoms with Crippen LogP contribution < -0.4 is 5.32 Å². The molecule has 6 nitrogen and oxygen atoms in total. The smallest absolute Gasteiger partial charge is 0.318 e. The van der Waals surface area contributed by atoms with Crippen LogP contribution in [0, 0.1) is 11.7 Å². The molecule has 3 amide bonds. The standard InChI is InChI=1S/C23H25FN4O2/c24-17-12-10-16(11-13-17)14-28(23(30)25-18-6-2-1-3-7-18)15-21-26-20-9-5-4-8-19(20)22(29)27-21/h4-5,8-13,18-19H,1-3,6-7,14-15H2,(H,25,30). The van der Waals surface area contributed by atoms with E-state index >= 15 is 0 Å². The molecule has 1 aromatic rings. The number of benzene rings is 1. The van der Waals surface area contributed by atoms with Crippen LogP contribution in [0.3, 0.4) is 0 Å². The van der Waals surface area contributed by atoms with Gasteiger partial charge in [0.1, 0.15) is 11.7 Å². The van der Waals surface area contributed by atoms with Crippen LogP contribution in [-0.4, -0.2) is 41.0 Å². The van der Waals surface area contributed by atoms with Crippen molar-refractivity contribution in [2.24, 2.45) is 15.9 Å². The first-order chi connectivity index (χ1) is 14.6. The van der Waals surface area contributed by atoms with Crippen molar-refractivity contribution >= 4 is 23.5 Å². The molecule has 1 atom stereocenters. The largest absolute Gasteiger partial charge is 0.335 e. The zero-order chi connectivity index (χ0) is 20.9. The molecule has 7 heteroatoms. The third-order valence-electron chi connectivity index (χ3n) is 5.60. The molecule has 1 aromatic carbocycles. The number of carbonyl (C=O) groups is 2. The van der Waals surface area contributed by atoms with Gasteiger partial charge in [0.25, 0.3) is 5.91 Å². The van der Waals surface area contributed by atoms with Gasteiger partial charge in [-0.2, -0.15) is 4.99 Å². The van der Waals surface area contributed by atoms with Gasteiger partial charge < -0.3 is 10.2 Å². The Morgan fingerprint density at radius 1 is 1.07 bits per heavy atom. The Kier molecular flexibility index (Phi) is 6.16. The maximum absolute atomic E-state index is 13.3. The number of halogens is 1. The number of hydrogen-bond donors (Lipinski definition) is 1. The summed E-state index contributed by atoms with van der Waals surface area (Å²) in [5.74, 6) is -0.730. The van der Waals surface area contributed by atoms with Crippen LogP contribution in [-0.2, 0) is 11.3 Å². The SMILES string of the molecule is O=C1N=C(CN(Cc2ccc(F)cc2)C(=O)NC2CCCCC2)N=C2C=CC=CC12. The Hall–Kier alpha value is -3.09. The van der Waals surface area contributed by atoms with Gasteiger partial charge in [-0.25, -0.2) is 14.2 Å². The number of nitrogens with zero attached hydrogens (tertiary/aromatic N) is 3. The normalized spacial score (nSPS) is 21.0. The average Bonchev–Trinajstić information content (AvgIpc) is 2.75. The molecule has 156 valence electrons. The Morgan fingerprint density at radius 2 is 1.83 bits per heavy atom. The van der Waals surface area contributed by atoms with Crippen molar-refractivity contribution in [3.05, 3.63) is 60.0 Å². The van der Waals surface area contributed by atoms with Crippen LogP contribution in [0.25, 0.3) is 0 Å². The molecule has 1 aliphatic heterocycles. The number of allylic oxidation sites excluding steroid dienone is 3. The number of amidine groups is 1. The summed E-state index contributed by atoms with van der Waals surface area (Å²) in [6.45, 7) is 0.380. The number of aliphatic imine (C=N–C) groups is 2. The van der Waals surface area contributed by atoms with Crippen molar-refractivity contribution in [2.75, 3.05) is 6.54 Å². The molecule has 1 N–H and O–H groups in total. The van der Waals surface area contributed by atoms with Gasteiger partial charge in [0, 0.05) is 12.6 Å². The van der Waals surface area contributed by atoms with E-state index in [0.29, 0.717) is 11.5 Å². The maximum atomic E-state index is 13.3. The summed E-state index contributed by atoms with van der Waals surface area (Å²) in [6, 6.07) is 5.99. The number of fused-ring (bicyclic) bond motifs is 1. The number of rotatable bonds is 5. The fourth-order valence-electron chi connectivity index (χ4n) is 3.98.